The van der Waals surface area contributed by atoms with Crippen LogP contribution < -0.4 is 9.46 Å². The molecule has 22 heavy (non-hydrogen) atoms. The van der Waals surface area contributed by atoms with Gasteiger partial charge in [-0.3, -0.25) is 4.72 Å². The van der Waals surface area contributed by atoms with Crippen molar-refractivity contribution in [2.45, 2.75) is 22.6 Å². The van der Waals surface area contributed by atoms with Crippen LogP contribution in [0.4, 0.5) is 5.13 Å². The highest BCUT2D eigenvalue weighted by Crippen LogP contribution is 2.31. The van der Waals surface area contributed by atoms with Gasteiger partial charge in [0.1, 0.15) is 10.6 Å². The molecule has 1 aromatic heterocycles. The summed E-state index contributed by atoms with van der Waals surface area (Å²) in [6.07, 6.45) is 1.00. The Hall–Kier alpha value is -1.03. The fraction of sp³-hybridized carbons (Fsp3) is 0.333. The second-order valence-corrected chi connectivity index (χ2v) is 8.53. The number of nitrogens with zero attached hydrogens (tertiary/aromatic N) is 2. The van der Waals surface area contributed by atoms with Crippen molar-refractivity contribution in [3.63, 3.8) is 0 Å². The van der Waals surface area contributed by atoms with Gasteiger partial charge in [-0.1, -0.05) is 41.6 Å². The summed E-state index contributed by atoms with van der Waals surface area (Å²) in [5.74, 6) is 1.12. The van der Waals surface area contributed by atoms with E-state index in [1.165, 1.54) is 42.3 Å². The van der Waals surface area contributed by atoms with Crippen molar-refractivity contribution >= 4 is 49.9 Å². The molecule has 0 atom stereocenters. The van der Waals surface area contributed by atoms with Crippen molar-refractivity contribution in [2.24, 2.45) is 0 Å². The van der Waals surface area contributed by atoms with Crippen LogP contribution in [-0.4, -0.2) is 31.5 Å². The SMILES string of the molecule is CCCSc1nnc(NS(=O)(=O)c2cc(Cl)ccc2OC)s1. The van der Waals surface area contributed by atoms with Crippen LogP contribution in [0.5, 0.6) is 5.75 Å². The summed E-state index contributed by atoms with van der Waals surface area (Å²) in [5.41, 5.74) is 0. The zero-order valence-corrected chi connectivity index (χ0v) is 15.1. The summed E-state index contributed by atoms with van der Waals surface area (Å²) in [4.78, 5) is -0.0412. The molecule has 1 heterocycles. The molecule has 0 bridgehead atoms. The van der Waals surface area contributed by atoms with Crippen molar-refractivity contribution in [3.8, 4) is 5.75 Å². The largest absolute Gasteiger partial charge is 0.495 e. The molecule has 2 rings (SSSR count). The predicted octanol–water partition coefficient (Wildman–Crippen LogP) is 3.50. The van der Waals surface area contributed by atoms with Gasteiger partial charge in [-0.05, 0) is 24.6 Å². The van der Waals surface area contributed by atoms with E-state index in [1.807, 2.05) is 0 Å². The molecule has 10 heteroatoms. The topological polar surface area (TPSA) is 81.2 Å². The Morgan fingerprint density at radius 2 is 2.18 bits per heavy atom. The Morgan fingerprint density at radius 3 is 2.86 bits per heavy atom. The minimum absolute atomic E-state index is 0.0412. The Balaban J connectivity index is 2.24. The molecule has 120 valence electrons. The maximum atomic E-state index is 12.4. The van der Waals surface area contributed by atoms with Crippen LogP contribution in [0.1, 0.15) is 13.3 Å². The van der Waals surface area contributed by atoms with E-state index in [-0.39, 0.29) is 15.8 Å². The highest BCUT2D eigenvalue weighted by atomic mass is 35.5. The molecule has 2 aromatic rings. The summed E-state index contributed by atoms with van der Waals surface area (Å²) in [5, 5.41) is 8.29. The van der Waals surface area contributed by atoms with Crippen LogP contribution in [-0.2, 0) is 10.0 Å². The summed E-state index contributed by atoms with van der Waals surface area (Å²) < 4.78 is 33.1. The molecule has 0 radical (unpaired) electrons. The fourth-order valence-electron chi connectivity index (χ4n) is 1.53. The zero-order valence-electron chi connectivity index (χ0n) is 11.9. The number of anilines is 1. The molecule has 0 aliphatic rings. The molecule has 0 amide bonds. The molecule has 0 aliphatic heterocycles. The van der Waals surface area contributed by atoms with Crippen molar-refractivity contribution in [1.29, 1.82) is 0 Å². The number of nitrogens with one attached hydrogen (secondary N) is 1. The lowest BCUT2D eigenvalue weighted by Crippen LogP contribution is -2.14. The number of halogens is 1. The number of sulfonamides is 1. The molecule has 0 saturated heterocycles. The zero-order chi connectivity index (χ0) is 16.2. The lowest BCUT2D eigenvalue weighted by molar-refractivity contribution is 0.403. The fourth-order valence-corrected chi connectivity index (χ4v) is 4.87. The van der Waals surface area contributed by atoms with E-state index in [9.17, 15) is 8.42 Å². The Labute approximate surface area is 142 Å². The van der Waals surface area contributed by atoms with Crippen LogP contribution in [0, 0.1) is 0 Å². The number of aromatic nitrogens is 2. The van der Waals surface area contributed by atoms with Gasteiger partial charge in [0.25, 0.3) is 10.0 Å². The van der Waals surface area contributed by atoms with Gasteiger partial charge < -0.3 is 4.74 Å². The highest BCUT2D eigenvalue weighted by molar-refractivity contribution is 8.01. The van der Waals surface area contributed by atoms with Crippen molar-refractivity contribution < 1.29 is 13.2 Å². The third kappa shape index (κ3) is 4.25. The summed E-state index contributed by atoms with van der Waals surface area (Å²) in [7, 11) is -2.45. The molecule has 1 N–H and O–H groups in total. The Bertz CT molecular complexity index is 749. The van der Waals surface area contributed by atoms with Gasteiger partial charge in [-0.25, -0.2) is 8.42 Å². The number of thioether (sulfide) groups is 1. The summed E-state index contributed by atoms with van der Waals surface area (Å²) in [6, 6.07) is 4.39. The van der Waals surface area contributed by atoms with E-state index in [0.717, 1.165) is 16.5 Å². The van der Waals surface area contributed by atoms with Crippen molar-refractivity contribution in [1.82, 2.24) is 10.2 Å². The van der Waals surface area contributed by atoms with Gasteiger partial charge in [-0.2, -0.15) is 0 Å². The summed E-state index contributed by atoms with van der Waals surface area (Å²) >= 11 is 8.59. The lowest BCUT2D eigenvalue weighted by atomic mass is 10.3. The first-order valence-electron chi connectivity index (χ1n) is 6.29. The Kier molecular flexibility index (Phi) is 5.90. The van der Waals surface area contributed by atoms with Crippen LogP contribution >= 0.6 is 34.7 Å². The average molecular weight is 380 g/mol. The van der Waals surface area contributed by atoms with Crippen LogP contribution in [0.15, 0.2) is 27.4 Å². The number of hydrogen-bond acceptors (Lipinski definition) is 7. The quantitative estimate of drug-likeness (QED) is 0.741. The van der Waals surface area contributed by atoms with Gasteiger partial charge in [-0.15, -0.1) is 10.2 Å². The summed E-state index contributed by atoms with van der Waals surface area (Å²) in [6.45, 7) is 2.06. The maximum absolute atomic E-state index is 12.4. The first-order chi connectivity index (χ1) is 10.5. The molecule has 0 unspecified atom stereocenters. The second kappa shape index (κ2) is 7.49. The molecule has 0 spiro atoms. The van der Waals surface area contributed by atoms with E-state index < -0.39 is 10.0 Å². The number of hydrogen-bond donors (Lipinski definition) is 1. The molecule has 0 aliphatic carbocycles. The lowest BCUT2D eigenvalue weighted by Gasteiger charge is -2.09. The van der Waals surface area contributed by atoms with Crippen LogP contribution in [0.3, 0.4) is 0 Å². The number of ether oxygens (including phenoxy) is 1. The van der Waals surface area contributed by atoms with Gasteiger partial charge in [0, 0.05) is 10.8 Å². The van der Waals surface area contributed by atoms with Gasteiger partial charge in [0.05, 0.1) is 7.11 Å². The van der Waals surface area contributed by atoms with Crippen molar-refractivity contribution in [2.75, 3.05) is 17.6 Å². The number of methoxy groups -OCH3 is 1. The first-order valence-corrected chi connectivity index (χ1v) is 9.95. The molecule has 0 fully saturated rings. The standard InChI is InChI=1S/C12H14ClN3O3S3/c1-3-6-20-12-15-14-11(21-12)16-22(17,18)10-7-8(13)4-5-9(10)19-2/h4-5,7H,3,6H2,1-2H3,(H,14,16). The van der Waals surface area contributed by atoms with E-state index in [1.54, 1.807) is 6.07 Å². The van der Waals surface area contributed by atoms with Gasteiger partial charge in [0.15, 0.2) is 4.34 Å². The molecular formula is C12H14ClN3O3S3. The van der Waals surface area contributed by atoms with Crippen LogP contribution in [0.25, 0.3) is 0 Å². The van der Waals surface area contributed by atoms with Crippen LogP contribution in [0.2, 0.25) is 5.02 Å². The minimum atomic E-state index is -3.85. The predicted molar refractivity (Wildman–Crippen MR) is 89.7 cm³/mol. The number of benzene rings is 1. The van der Waals surface area contributed by atoms with E-state index in [0.29, 0.717) is 5.02 Å². The molecule has 6 nitrogen and oxygen atoms in total. The Morgan fingerprint density at radius 1 is 1.41 bits per heavy atom. The minimum Gasteiger partial charge on any atom is -0.495 e. The molecule has 0 saturated carbocycles. The van der Waals surface area contributed by atoms with Gasteiger partial charge in [0.2, 0.25) is 5.13 Å². The third-order valence-corrected chi connectivity index (χ3v) is 6.38. The third-order valence-electron chi connectivity index (χ3n) is 2.47. The maximum Gasteiger partial charge on any atom is 0.267 e. The molecule has 1 aromatic carbocycles. The smallest absolute Gasteiger partial charge is 0.267 e. The second-order valence-electron chi connectivity index (χ2n) is 4.12. The van der Waals surface area contributed by atoms with Gasteiger partial charge >= 0.3 is 0 Å². The first kappa shape index (κ1) is 17.3. The van der Waals surface area contributed by atoms with E-state index in [2.05, 4.69) is 21.8 Å². The molecular weight excluding hydrogens is 366 g/mol. The van der Waals surface area contributed by atoms with Crippen molar-refractivity contribution in [3.05, 3.63) is 23.2 Å². The highest BCUT2D eigenvalue weighted by Gasteiger charge is 2.22. The van der Waals surface area contributed by atoms with E-state index >= 15 is 0 Å². The number of rotatable bonds is 7. The van der Waals surface area contributed by atoms with E-state index in [4.69, 9.17) is 16.3 Å². The monoisotopic (exact) mass is 379 g/mol. The average Bonchev–Trinajstić information content (AvgIpc) is 2.91. The normalized spacial score (nSPS) is 11.4.